The summed E-state index contributed by atoms with van der Waals surface area (Å²) in [4.78, 5) is 26.3. The van der Waals surface area contributed by atoms with Crippen LogP contribution in [-0.4, -0.2) is 34.7 Å². The van der Waals surface area contributed by atoms with Crippen LogP contribution in [0.5, 0.6) is 5.75 Å². The average Bonchev–Trinajstić information content (AvgIpc) is 3.04. The third-order valence-electron chi connectivity index (χ3n) is 4.29. The number of hydrogen-bond acceptors (Lipinski definition) is 4. The first-order chi connectivity index (χ1) is 12.3. The van der Waals surface area contributed by atoms with E-state index >= 15 is 0 Å². The maximum Gasteiger partial charge on any atom is 0.267 e. The van der Waals surface area contributed by atoms with E-state index in [1.807, 2.05) is 30.3 Å². The van der Waals surface area contributed by atoms with Crippen molar-refractivity contribution in [1.82, 2.24) is 10.2 Å². The fourth-order valence-electron chi connectivity index (χ4n) is 2.78. The predicted molar refractivity (Wildman–Crippen MR) is 99.4 cm³/mol. The van der Waals surface area contributed by atoms with Gasteiger partial charge in [-0.2, -0.15) is 5.10 Å². The Balaban J connectivity index is 1.64. The van der Waals surface area contributed by atoms with Gasteiger partial charge >= 0.3 is 0 Å². The van der Waals surface area contributed by atoms with Crippen LogP contribution in [0.15, 0.2) is 30.3 Å². The molecular weight excluding hydrogens is 332 g/mol. The summed E-state index contributed by atoms with van der Waals surface area (Å²) in [5, 5.41) is 9.83. The highest BCUT2D eigenvalue weighted by Gasteiger charge is 2.31. The van der Waals surface area contributed by atoms with Crippen LogP contribution in [-0.2, 0) is 15.0 Å². The van der Waals surface area contributed by atoms with Gasteiger partial charge in [0, 0.05) is 30.1 Å². The second-order valence-corrected chi connectivity index (χ2v) is 7.43. The molecule has 2 N–H and O–H groups in total. The van der Waals surface area contributed by atoms with E-state index in [0.29, 0.717) is 17.3 Å². The molecule has 0 radical (unpaired) electrons. The molecule has 1 unspecified atom stereocenters. The number of anilines is 2. The molecule has 2 amide bonds. The van der Waals surface area contributed by atoms with Gasteiger partial charge in [-0.25, -0.2) is 0 Å². The molecule has 1 aromatic carbocycles. The van der Waals surface area contributed by atoms with E-state index in [0.717, 1.165) is 5.69 Å². The summed E-state index contributed by atoms with van der Waals surface area (Å²) >= 11 is 0. The van der Waals surface area contributed by atoms with Gasteiger partial charge in [0.15, 0.2) is 11.9 Å². The number of fused-ring (bicyclic) bond motifs is 1. The first-order valence-electron chi connectivity index (χ1n) is 8.68. The van der Waals surface area contributed by atoms with Gasteiger partial charge in [-0.3, -0.25) is 14.7 Å². The zero-order valence-electron chi connectivity index (χ0n) is 15.5. The van der Waals surface area contributed by atoms with Gasteiger partial charge in [-0.15, -0.1) is 0 Å². The summed E-state index contributed by atoms with van der Waals surface area (Å²) in [5.74, 6) is 0.803. The van der Waals surface area contributed by atoms with Crippen molar-refractivity contribution >= 4 is 23.3 Å². The number of nitrogens with one attached hydrogen (secondary N) is 2. The molecule has 2 heterocycles. The number of ether oxygens (including phenoxy) is 1. The molecule has 7 nitrogen and oxygen atoms in total. The van der Waals surface area contributed by atoms with Gasteiger partial charge in [-0.1, -0.05) is 32.9 Å². The number of aromatic amines is 1. The zero-order valence-corrected chi connectivity index (χ0v) is 15.5. The summed E-state index contributed by atoms with van der Waals surface area (Å²) in [5.41, 5.74) is 1.56. The van der Waals surface area contributed by atoms with Gasteiger partial charge in [0.25, 0.3) is 5.91 Å². The number of nitrogens with zero attached hydrogens (tertiary/aromatic N) is 2. The number of carbonyl (C=O) groups is 2. The van der Waals surface area contributed by atoms with Crippen molar-refractivity contribution in [3.63, 3.8) is 0 Å². The normalized spacial score (nSPS) is 16.8. The summed E-state index contributed by atoms with van der Waals surface area (Å²) in [7, 11) is 0. The van der Waals surface area contributed by atoms with Gasteiger partial charge < -0.3 is 15.0 Å². The van der Waals surface area contributed by atoms with Gasteiger partial charge in [-0.05, 0) is 19.1 Å². The molecule has 26 heavy (non-hydrogen) atoms. The lowest BCUT2D eigenvalue weighted by atomic mass is 9.92. The Labute approximate surface area is 152 Å². The molecule has 0 spiro atoms. The van der Waals surface area contributed by atoms with Crippen molar-refractivity contribution in [2.45, 2.75) is 45.6 Å². The highest BCUT2D eigenvalue weighted by Crippen LogP contribution is 2.33. The fraction of sp³-hybridized carbons (Fsp3) is 0.421. The Hall–Kier alpha value is -2.83. The number of amides is 2. The minimum atomic E-state index is -0.561. The molecule has 7 heteroatoms. The second-order valence-electron chi connectivity index (χ2n) is 7.43. The van der Waals surface area contributed by atoms with Crippen LogP contribution >= 0.6 is 0 Å². The van der Waals surface area contributed by atoms with E-state index in [2.05, 4.69) is 36.3 Å². The standard InChI is InChI=1S/C19H24N4O3/c1-12-18(25)23(13-7-5-6-8-14(13)26-12)10-9-17(24)20-16-11-15(21-22-16)19(2,3)4/h5-8,11-12H,9-10H2,1-4H3,(H2,20,21,22,24). The minimum absolute atomic E-state index is 0.0734. The summed E-state index contributed by atoms with van der Waals surface area (Å²) in [6.07, 6.45) is -0.390. The summed E-state index contributed by atoms with van der Waals surface area (Å²) in [6.45, 7) is 8.19. The highest BCUT2D eigenvalue weighted by atomic mass is 16.5. The lowest BCUT2D eigenvalue weighted by Gasteiger charge is -2.32. The van der Waals surface area contributed by atoms with Crippen molar-refractivity contribution < 1.29 is 14.3 Å². The fourth-order valence-corrected chi connectivity index (χ4v) is 2.78. The Morgan fingerprint density at radius 3 is 2.77 bits per heavy atom. The maximum atomic E-state index is 12.4. The third-order valence-corrected chi connectivity index (χ3v) is 4.29. The summed E-state index contributed by atoms with van der Waals surface area (Å²) in [6, 6.07) is 9.17. The summed E-state index contributed by atoms with van der Waals surface area (Å²) < 4.78 is 5.61. The number of rotatable bonds is 4. The Kier molecular flexibility index (Phi) is 4.71. The molecule has 0 bridgehead atoms. The van der Waals surface area contributed by atoms with Crippen LogP contribution in [0.1, 0.15) is 39.8 Å². The van der Waals surface area contributed by atoms with E-state index in [-0.39, 0.29) is 30.2 Å². The van der Waals surface area contributed by atoms with Crippen molar-refractivity contribution in [3.8, 4) is 5.75 Å². The number of para-hydroxylation sites is 2. The van der Waals surface area contributed by atoms with Crippen LogP contribution in [0.25, 0.3) is 0 Å². The smallest absolute Gasteiger partial charge is 0.267 e. The first kappa shape index (κ1) is 18.0. The van der Waals surface area contributed by atoms with Gasteiger partial charge in [0.05, 0.1) is 5.69 Å². The quantitative estimate of drug-likeness (QED) is 0.882. The van der Waals surface area contributed by atoms with E-state index in [9.17, 15) is 9.59 Å². The Bertz CT molecular complexity index is 822. The SMILES string of the molecule is CC1Oc2ccccc2N(CCC(=O)Nc2cc(C(C)(C)C)[nH]n2)C1=O. The molecular formula is C19H24N4O3. The molecule has 1 aliphatic heterocycles. The molecule has 3 rings (SSSR count). The first-order valence-corrected chi connectivity index (χ1v) is 8.68. The molecule has 0 saturated heterocycles. The molecule has 0 aliphatic carbocycles. The highest BCUT2D eigenvalue weighted by molar-refractivity contribution is 6.00. The van der Waals surface area contributed by atoms with Gasteiger partial charge in [0.1, 0.15) is 5.75 Å². The Morgan fingerprint density at radius 2 is 2.08 bits per heavy atom. The van der Waals surface area contributed by atoms with E-state index in [1.54, 1.807) is 11.8 Å². The second kappa shape index (κ2) is 6.82. The average molecular weight is 356 g/mol. The number of H-pyrrole nitrogens is 1. The molecule has 1 aromatic heterocycles. The van der Waals surface area contributed by atoms with Crippen LogP contribution < -0.4 is 15.0 Å². The molecule has 1 aliphatic rings. The van der Waals surface area contributed by atoms with Crippen molar-refractivity contribution in [2.75, 3.05) is 16.8 Å². The molecule has 138 valence electrons. The number of benzene rings is 1. The van der Waals surface area contributed by atoms with Crippen molar-refractivity contribution in [1.29, 1.82) is 0 Å². The van der Waals surface area contributed by atoms with Crippen LogP contribution in [0, 0.1) is 0 Å². The minimum Gasteiger partial charge on any atom is -0.479 e. The van der Waals surface area contributed by atoms with E-state index in [4.69, 9.17) is 4.74 Å². The molecule has 0 saturated carbocycles. The largest absolute Gasteiger partial charge is 0.479 e. The lowest BCUT2D eigenvalue weighted by molar-refractivity contribution is -0.125. The number of hydrogen-bond donors (Lipinski definition) is 2. The molecule has 1 atom stereocenters. The number of aromatic nitrogens is 2. The third kappa shape index (κ3) is 3.71. The van der Waals surface area contributed by atoms with Crippen LogP contribution in [0.4, 0.5) is 11.5 Å². The topological polar surface area (TPSA) is 87.3 Å². The monoisotopic (exact) mass is 356 g/mol. The Morgan fingerprint density at radius 1 is 1.35 bits per heavy atom. The van der Waals surface area contributed by atoms with Gasteiger partial charge in [0.2, 0.25) is 5.91 Å². The van der Waals surface area contributed by atoms with Crippen LogP contribution in [0.3, 0.4) is 0 Å². The predicted octanol–water partition coefficient (Wildman–Crippen LogP) is 2.85. The number of carbonyl (C=O) groups excluding carboxylic acids is 2. The maximum absolute atomic E-state index is 12.4. The zero-order chi connectivity index (χ0) is 18.9. The lowest BCUT2D eigenvalue weighted by Crippen LogP contribution is -2.45. The van der Waals surface area contributed by atoms with Crippen molar-refractivity contribution in [3.05, 3.63) is 36.0 Å². The molecule has 2 aromatic rings. The van der Waals surface area contributed by atoms with Crippen molar-refractivity contribution in [2.24, 2.45) is 0 Å². The van der Waals surface area contributed by atoms with E-state index < -0.39 is 6.10 Å². The molecule has 0 fully saturated rings. The van der Waals surface area contributed by atoms with E-state index in [1.165, 1.54) is 0 Å². The van der Waals surface area contributed by atoms with Crippen LogP contribution in [0.2, 0.25) is 0 Å².